The van der Waals surface area contributed by atoms with Crippen molar-refractivity contribution >= 4 is 10.0 Å². The second-order valence-electron chi connectivity index (χ2n) is 6.29. The van der Waals surface area contributed by atoms with E-state index in [9.17, 15) is 17.2 Å². The van der Waals surface area contributed by atoms with Crippen LogP contribution in [0.4, 0.5) is 8.78 Å². The summed E-state index contributed by atoms with van der Waals surface area (Å²) in [5.74, 6) is -0.827. The molecule has 0 amide bonds. The number of piperazine rings is 1. The zero-order chi connectivity index (χ0) is 18.0. The minimum absolute atomic E-state index is 0.0115. The summed E-state index contributed by atoms with van der Waals surface area (Å²) in [6.07, 6.45) is 0. The predicted octanol–water partition coefficient (Wildman–Crippen LogP) is 1.62. The fourth-order valence-corrected chi connectivity index (χ4v) is 4.68. The number of hydrogen-bond acceptors (Lipinski definition) is 2. The number of nitrogens with zero attached hydrogens (tertiary/aromatic N) is 1. The average molecular weight is 367 g/mol. The summed E-state index contributed by atoms with van der Waals surface area (Å²) in [7, 11) is -3.67. The summed E-state index contributed by atoms with van der Waals surface area (Å²) in [4.78, 5) is 1.24. The van der Waals surface area contributed by atoms with Gasteiger partial charge >= 0.3 is 0 Å². The van der Waals surface area contributed by atoms with Crippen LogP contribution in [0, 0.1) is 11.6 Å². The van der Waals surface area contributed by atoms with Gasteiger partial charge in [-0.05, 0) is 37.3 Å². The Balaban J connectivity index is 1.68. The van der Waals surface area contributed by atoms with Gasteiger partial charge in [0.25, 0.3) is 0 Å². The van der Waals surface area contributed by atoms with Crippen molar-refractivity contribution in [1.82, 2.24) is 4.31 Å². The van der Waals surface area contributed by atoms with E-state index in [0.717, 1.165) is 11.6 Å². The lowest BCUT2D eigenvalue weighted by Gasteiger charge is -2.35. The highest BCUT2D eigenvalue weighted by Crippen LogP contribution is 2.17. The van der Waals surface area contributed by atoms with Gasteiger partial charge in [0.05, 0.1) is 31.1 Å². The van der Waals surface area contributed by atoms with Crippen LogP contribution < -0.4 is 4.90 Å². The van der Waals surface area contributed by atoms with Crippen molar-refractivity contribution in [3.8, 4) is 0 Å². The van der Waals surface area contributed by atoms with Crippen molar-refractivity contribution in [2.24, 2.45) is 0 Å². The standard InChI is InChI=1S/C18H20F2N2O2S/c1-14(15-5-7-16(19)8-6-15)21-9-11-22(12-10-21)25(23,24)18-4-2-3-17(20)13-18/h2-8,13-14H,9-12H2,1H3/p+1/t14-/m1/s1. The first kappa shape index (κ1) is 18.0. The quantitative estimate of drug-likeness (QED) is 0.892. The summed E-state index contributed by atoms with van der Waals surface area (Å²) in [5, 5.41) is 0. The van der Waals surface area contributed by atoms with Crippen molar-refractivity contribution < 1.29 is 22.1 Å². The Bertz CT molecular complexity index is 832. The summed E-state index contributed by atoms with van der Waals surface area (Å²) in [5.41, 5.74) is 1.03. The third-order valence-electron chi connectivity index (χ3n) is 4.78. The number of sulfonamides is 1. The van der Waals surface area contributed by atoms with Crippen LogP contribution in [0.3, 0.4) is 0 Å². The minimum atomic E-state index is -3.67. The van der Waals surface area contributed by atoms with Gasteiger partial charge in [0.15, 0.2) is 0 Å². The molecule has 25 heavy (non-hydrogen) atoms. The molecule has 1 aliphatic heterocycles. The molecule has 0 spiro atoms. The van der Waals surface area contributed by atoms with Crippen LogP contribution in [0.15, 0.2) is 53.4 Å². The van der Waals surface area contributed by atoms with Crippen LogP contribution in [0.5, 0.6) is 0 Å². The first-order chi connectivity index (χ1) is 11.9. The Morgan fingerprint density at radius 3 is 2.24 bits per heavy atom. The van der Waals surface area contributed by atoms with Crippen molar-refractivity contribution in [2.45, 2.75) is 17.9 Å². The second kappa shape index (κ2) is 7.19. The molecule has 2 aromatic carbocycles. The van der Waals surface area contributed by atoms with Gasteiger partial charge in [0, 0.05) is 5.56 Å². The molecule has 1 saturated heterocycles. The topological polar surface area (TPSA) is 41.8 Å². The summed E-state index contributed by atoms with van der Waals surface area (Å²) < 4.78 is 53.1. The Morgan fingerprint density at radius 2 is 1.64 bits per heavy atom. The number of hydrogen-bond donors (Lipinski definition) is 1. The number of nitrogens with one attached hydrogen (secondary N) is 1. The fourth-order valence-electron chi connectivity index (χ4n) is 3.21. The normalized spacial score (nSPS) is 18.2. The fraction of sp³-hybridized carbons (Fsp3) is 0.333. The van der Waals surface area contributed by atoms with Crippen LogP contribution in [-0.2, 0) is 10.0 Å². The molecular formula is C18H21F2N2O2S+. The number of rotatable bonds is 4. The highest BCUT2D eigenvalue weighted by atomic mass is 32.2. The lowest BCUT2D eigenvalue weighted by atomic mass is 10.1. The lowest BCUT2D eigenvalue weighted by molar-refractivity contribution is -0.933. The van der Waals surface area contributed by atoms with Gasteiger partial charge in [-0.2, -0.15) is 4.31 Å². The molecule has 0 radical (unpaired) electrons. The summed E-state index contributed by atoms with van der Waals surface area (Å²) in [6.45, 7) is 4.10. The first-order valence-electron chi connectivity index (χ1n) is 8.23. The summed E-state index contributed by atoms with van der Waals surface area (Å²) in [6, 6.07) is 11.7. The molecule has 1 aliphatic rings. The second-order valence-corrected chi connectivity index (χ2v) is 8.23. The van der Waals surface area contributed by atoms with Gasteiger partial charge in [-0.25, -0.2) is 17.2 Å². The van der Waals surface area contributed by atoms with Crippen molar-refractivity contribution in [3.05, 3.63) is 65.7 Å². The van der Waals surface area contributed by atoms with E-state index in [4.69, 9.17) is 0 Å². The lowest BCUT2D eigenvalue weighted by Crippen LogP contribution is -3.14. The van der Waals surface area contributed by atoms with E-state index < -0.39 is 15.8 Å². The highest BCUT2D eigenvalue weighted by molar-refractivity contribution is 7.89. The van der Waals surface area contributed by atoms with Gasteiger partial charge in [0.1, 0.15) is 17.7 Å². The maximum absolute atomic E-state index is 13.3. The third-order valence-corrected chi connectivity index (χ3v) is 6.68. The van der Waals surface area contributed by atoms with Crippen LogP contribution >= 0.6 is 0 Å². The van der Waals surface area contributed by atoms with Crippen molar-refractivity contribution in [2.75, 3.05) is 26.2 Å². The molecule has 7 heteroatoms. The monoisotopic (exact) mass is 367 g/mol. The van der Waals surface area contributed by atoms with Crippen molar-refractivity contribution in [1.29, 1.82) is 0 Å². The van der Waals surface area contributed by atoms with Gasteiger partial charge in [-0.1, -0.05) is 18.2 Å². The highest BCUT2D eigenvalue weighted by Gasteiger charge is 2.32. The van der Waals surface area contributed by atoms with Gasteiger partial charge < -0.3 is 4.90 Å². The van der Waals surface area contributed by atoms with E-state index >= 15 is 0 Å². The number of benzene rings is 2. The first-order valence-corrected chi connectivity index (χ1v) is 9.68. The van der Waals surface area contributed by atoms with Gasteiger partial charge in [0.2, 0.25) is 10.0 Å². The Kier molecular flexibility index (Phi) is 5.17. The van der Waals surface area contributed by atoms with E-state index in [2.05, 4.69) is 6.92 Å². The minimum Gasteiger partial charge on any atom is -0.327 e. The largest absolute Gasteiger partial charge is 0.327 e. The Hall–Kier alpha value is -1.83. The van der Waals surface area contributed by atoms with E-state index in [1.807, 2.05) is 0 Å². The van der Waals surface area contributed by atoms with Crippen LogP contribution in [0.25, 0.3) is 0 Å². The zero-order valence-electron chi connectivity index (χ0n) is 14.0. The number of quaternary nitrogens is 1. The molecule has 0 aromatic heterocycles. The smallest absolute Gasteiger partial charge is 0.243 e. The molecule has 0 saturated carbocycles. The SMILES string of the molecule is C[C@H](c1ccc(F)cc1)[NH+]1CCN(S(=O)(=O)c2cccc(F)c2)CC1. The molecule has 1 atom stereocenters. The molecule has 0 aliphatic carbocycles. The Morgan fingerprint density at radius 1 is 1.00 bits per heavy atom. The van der Waals surface area contributed by atoms with Crippen LogP contribution in [0.2, 0.25) is 0 Å². The third kappa shape index (κ3) is 3.89. The molecule has 2 aromatic rings. The Labute approximate surface area is 146 Å². The maximum Gasteiger partial charge on any atom is 0.243 e. The molecule has 134 valence electrons. The molecule has 3 rings (SSSR count). The number of halogens is 2. The maximum atomic E-state index is 13.3. The van der Waals surface area contributed by atoms with E-state index in [-0.39, 0.29) is 16.8 Å². The van der Waals surface area contributed by atoms with Crippen LogP contribution in [0.1, 0.15) is 18.5 Å². The summed E-state index contributed by atoms with van der Waals surface area (Å²) >= 11 is 0. The predicted molar refractivity (Wildman–Crippen MR) is 90.7 cm³/mol. The van der Waals surface area contributed by atoms with E-state index in [1.165, 1.54) is 39.5 Å². The van der Waals surface area contributed by atoms with Crippen molar-refractivity contribution in [3.63, 3.8) is 0 Å². The van der Waals surface area contributed by atoms with Gasteiger partial charge in [-0.3, -0.25) is 0 Å². The molecule has 4 nitrogen and oxygen atoms in total. The molecule has 0 bridgehead atoms. The van der Waals surface area contributed by atoms with E-state index in [1.54, 1.807) is 12.1 Å². The zero-order valence-corrected chi connectivity index (χ0v) is 14.8. The molecule has 1 fully saturated rings. The van der Waals surface area contributed by atoms with Crippen LogP contribution in [-0.4, -0.2) is 38.9 Å². The molecule has 1 N–H and O–H groups in total. The van der Waals surface area contributed by atoms with E-state index in [0.29, 0.717) is 26.2 Å². The average Bonchev–Trinajstić information content (AvgIpc) is 2.62. The van der Waals surface area contributed by atoms with Gasteiger partial charge in [-0.15, -0.1) is 0 Å². The molecule has 1 heterocycles. The molecule has 0 unspecified atom stereocenters. The molecular weight excluding hydrogens is 346 g/mol.